The molecule has 0 atom stereocenters. The van der Waals surface area contributed by atoms with Crippen molar-refractivity contribution in [3.8, 4) is 0 Å². The Balaban J connectivity index is 3.31. The molecule has 0 saturated carbocycles. The van der Waals surface area contributed by atoms with Crippen LogP contribution in [-0.4, -0.2) is 31.0 Å². The molecule has 5 heteroatoms. The largest absolute Gasteiger partial charge is 0.466 e. The van der Waals surface area contributed by atoms with Crippen LogP contribution in [0.1, 0.15) is 96.8 Å². The van der Waals surface area contributed by atoms with Crippen LogP contribution in [0.2, 0.25) is 0 Å². The van der Waals surface area contributed by atoms with Crippen LogP contribution < -0.4 is 0 Å². The lowest BCUT2D eigenvalue weighted by Crippen LogP contribution is -2.08. The molecule has 148 valence electrons. The van der Waals surface area contributed by atoms with Crippen LogP contribution in [0.25, 0.3) is 0 Å². The van der Waals surface area contributed by atoms with Crippen molar-refractivity contribution in [3.05, 3.63) is 0 Å². The first-order valence-corrected chi connectivity index (χ1v) is 10.6. The Hall–Kier alpha value is -0.770. The molecule has 0 heterocycles. The Bertz CT molecular complexity index is 321. The molecule has 0 radical (unpaired) electrons. The van der Waals surface area contributed by atoms with Gasteiger partial charge < -0.3 is 9.47 Å². The quantitative estimate of drug-likeness (QED) is 0.172. The molecule has 0 fully saturated rings. The zero-order valence-corrected chi connectivity index (χ0v) is 16.8. The van der Waals surface area contributed by atoms with E-state index in [9.17, 15) is 9.59 Å². The van der Waals surface area contributed by atoms with Crippen LogP contribution in [0.5, 0.6) is 0 Å². The summed E-state index contributed by atoms with van der Waals surface area (Å²) in [6.45, 7) is 3.21. The topological polar surface area (TPSA) is 52.6 Å². The third-order valence-corrected chi connectivity index (χ3v) is 4.33. The highest BCUT2D eigenvalue weighted by Crippen LogP contribution is 2.07. The van der Waals surface area contributed by atoms with Gasteiger partial charge in [-0.25, -0.2) is 0 Å². The molecule has 4 nitrogen and oxygen atoms in total. The molecule has 0 amide bonds. The summed E-state index contributed by atoms with van der Waals surface area (Å²) in [7, 11) is 0. The number of carbonyl (C=O) groups excluding carboxylic acids is 2. The molecular formula is C20H37ClO4. The molecule has 0 aromatic rings. The van der Waals surface area contributed by atoms with Crippen molar-refractivity contribution >= 4 is 23.5 Å². The zero-order valence-electron chi connectivity index (χ0n) is 16.0. The van der Waals surface area contributed by atoms with E-state index in [0.717, 1.165) is 38.5 Å². The highest BCUT2D eigenvalue weighted by atomic mass is 35.5. The van der Waals surface area contributed by atoms with Gasteiger partial charge in [0.05, 0.1) is 13.2 Å². The lowest BCUT2D eigenvalue weighted by molar-refractivity contribution is -0.146. The third-order valence-electron chi connectivity index (χ3n) is 4.06. The molecular weight excluding hydrogens is 340 g/mol. The summed E-state index contributed by atoms with van der Waals surface area (Å²) < 4.78 is 10.4. The average molecular weight is 377 g/mol. The molecule has 0 aromatic carbocycles. The van der Waals surface area contributed by atoms with Crippen molar-refractivity contribution in [2.24, 2.45) is 0 Å². The van der Waals surface area contributed by atoms with E-state index in [1.54, 1.807) is 0 Å². The SMILES string of the molecule is CCCCCCCCOC(=O)CCCCC(=O)OCCCCCCCl. The first-order chi connectivity index (χ1) is 12.2. The van der Waals surface area contributed by atoms with Crippen molar-refractivity contribution in [1.29, 1.82) is 0 Å². The van der Waals surface area contributed by atoms with Crippen molar-refractivity contribution in [3.63, 3.8) is 0 Å². The van der Waals surface area contributed by atoms with Crippen LogP contribution in [0, 0.1) is 0 Å². The third kappa shape index (κ3) is 19.4. The summed E-state index contributed by atoms with van der Waals surface area (Å²) >= 11 is 5.60. The number of unbranched alkanes of at least 4 members (excludes halogenated alkanes) is 9. The second-order valence-electron chi connectivity index (χ2n) is 6.52. The summed E-state index contributed by atoms with van der Waals surface area (Å²) in [5.74, 6) is 0.375. The van der Waals surface area contributed by atoms with Gasteiger partial charge in [0.15, 0.2) is 0 Å². The van der Waals surface area contributed by atoms with E-state index >= 15 is 0 Å². The minimum atomic E-state index is -0.169. The fraction of sp³-hybridized carbons (Fsp3) is 0.900. The number of halogens is 1. The number of esters is 2. The fourth-order valence-corrected chi connectivity index (χ4v) is 2.68. The molecule has 0 aliphatic rings. The van der Waals surface area contributed by atoms with Gasteiger partial charge >= 0.3 is 11.9 Å². The first-order valence-electron chi connectivity index (χ1n) is 10.1. The Morgan fingerprint density at radius 2 is 1.08 bits per heavy atom. The molecule has 0 unspecified atom stereocenters. The normalized spacial score (nSPS) is 10.6. The molecule has 0 aromatic heterocycles. The van der Waals surface area contributed by atoms with Gasteiger partial charge in [-0.2, -0.15) is 0 Å². The van der Waals surface area contributed by atoms with Gasteiger partial charge in [-0.1, -0.05) is 51.9 Å². The molecule has 0 saturated heterocycles. The number of hydrogen-bond donors (Lipinski definition) is 0. The minimum Gasteiger partial charge on any atom is -0.466 e. The van der Waals surface area contributed by atoms with Crippen molar-refractivity contribution in [1.82, 2.24) is 0 Å². The monoisotopic (exact) mass is 376 g/mol. The zero-order chi connectivity index (χ0) is 18.6. The lowest BCUT2D eigenvalue weighted by Gasteiger charge is -2.06. The maximum Gasteiger partial charge on any atom is 0.305 e. The second kappa shape index (κ2) is 19.6. The summed E-state index contributed by atoms with van der Waals surface area (Å²) in [6, 6.07) is 0. The van der Waals surface area contributed by atoms with E-state index in [0.29, 0.717) is 44.8 Å². The van der Waals surface area contributed by atoms with Crippen LogP contribution in [0.15, 0.2) is 0 Å². The van der Waals surface area contributed by atoms with Gasteiger partial charge in [0.2, 0.25) is 0 Å². The van der Waals surface area contributed by atoms with Crippen LogP contribution in [-0.2, 0) is 19.1 Å². The summed E-state index contributed by atoms with van der Waals surface area (Å²) in [6.07, 6.45) is 13.3. The number of ether oxygens (including phenoxy) is 2. The summed E-state index contributed by atoms with van der Waals surface area (Å²) in [5.41, 5.74) is 0. The van der Waals surface area contributed by atoms with E-state index in [4.69, 9.17) is 21.1 Å². The minimum absolute atomic E-state index is 0.152. The predicted molar refractivity (Wildman–Crippen MR) is 103 cm³/mol. The van der Waals surface area contributed by atoms with Crippen LogP contribution >= 0.6 is 11.6 Å². The van der Waals surface area contributed by atoms with Crippen LogP contribution in [0.4, 0.5) is 0 Å². The molecule has 25 heavy (non-hydrogen) atoms. The van der Waals surface area contributed by atoms with Gasteiger partial charge in [0.25, 0.3) is 0 Å². The molecule has 0 aliphatic heterocycles. The Kier molecular flexibility index (Phi) is 19.0. The fourth-order valence-electron chi connectivity index (χ4n) is 2.49. The number of carbonyl (C=O) groups is 2. The van der Waals surface area contributed by atoms with E-state index in [1.165, 1.54) is 25.7 Å². The first kappa shape index (κ1) is 24.2. The Morgan fingerprint density at radius 3 is 1.56 bits per heavy atom. The van der Waals surface area contributed by atoms with Crippen molar-refractivity contribution in [2.75, 3.05) is 19.1 Å². The molecule has 0 bridgehead atoms. The maximum atomic E-state index is 11.6. The summed E-state index contributed by atoms with van der Waals surface area (Å²) in [5, 5.41) is 0. The number of alkyl halides is 1. The molecule has 0 spiro atoms. The van der Waals surface area contributed by atoms with Gasteiger partial charge in [0, 0.05) is 18.7 Å². The number of rotatable bonds is 18. The van der Waals surface area contributed by atoms with Gasteiger partial charge in [-0.05, 0) is 32.1 Å². The second-order valence-corrected chi connectivity index (χ2v) is 6.90. The molecule has 0 N–H and O–H groups in total. The highest BCUT2D eigenvalue weighted by molar-refractivity contribution is 6.17. The van der Waals surface area contributed by atoms with Crippen molar-refractivity contribution < 1.29 is 19.1 Å². The molecule has 0 aliphatic carbocycles. The Morgan fingerprint density at radius 1 is 0.640 bits per heavy atom. The highest BCUT2D eigenvalue weighted by Gasteiger charge is 2.06. The number of hydrogen-bond acceptors (Lipinski definition) is 4. The van der Waals surface area contributed by atoms with E-state index < -0.39 is 0 Å². The van der Waals surface area contributed by atoms with Gasteiger partial charge in [-0.15, -0.1) is 11.6 Å². The van der Waals surface area contributed by atoms with Gasteiger partial charge in [-0.3, -0.25) is 9.59 Å². The van der Waals surface area contributed by atoms with E-state index in [2.05, 4.69) is 6.92 Å². The molecule has 0 rings (SSSR count). The maximum absolute atomic E-state index is 11.6. The summed E-state index contributed by atoms with van der Waals surface area (Å²) in [4.78, 5) is 23.1. The van der Waals surface area contributed by atoms with Crippen LogP contribution in [0.3, 0.4) is 0 Å². The van der Waals surface area contributed by atoms with Crippen molar-refractivity contribution in [2.45, 2.75) is 96.8 Å². The predicted octanol–water partition coefficient (Wildman–Crippen LogP) is 5.79. The van der Waals surface area contributed by atoms with E-state index in [-0.39, 0.29) is 11.9 Å². The average Bonchev–Trinajstić information content (AvgIpc) is 2.61. The van der Waals surface area contributed by atoms with E-state index in [1.807, 2.05) is 0 Å². The Labute approximate surface area is 159 Å². The lowest BCUT2D eigenvalue weighted by atomic mass is 10.1. The smallest absolute Gasteiger partial charge is 0.305 e. The standard InChI is InChI=1S/C20H37ClO4/c1-2-3-4-5-7-12-17-24-19(22)14-9-10-15-20(23)25-18-13-8-6-11-16-21/h2-18H2,1H3. The van der Waals surface area contributed by atoms with Gasteiger partial charge in [0.1, 0.15) is 0 Å².